The highest BCUT2D eigenvalue weighted by molar-refractivity contribution is 5.77. The first-order valence-corrected chi connectivity index (χ1v) is 5.75. The smallest absolute Gasteiger partial charge is 0.260 e. The van der Waals surface area contributed by atoms with Crippen LogP contribution in [0.3, 0.4) is 0 Å². The molecule has 1 amide bonds. The fraction of sp³-hybridized carbons (Fsp3) is 0.462. The standard InChI is InChI=1S/C13H19NO3/c1-4-14(5-2)13(15)10-17-12-8-6-7-11(9-12)16-3/h6-9H,4-5,10H2,1-3H3. The van der Waals surface area contributed by atoms with Crippen LogP contribution in [0.2, 0.25) is 0 Å². The topological polar surface area (TPSA) is 38.8 Å². The highest BCUT2D eigenvalue weighted by Crippen LogP contribution is 2.18. The van der Waals surface area contributed by atoms with E-state index in [0.29, 0.717) is 18.8 Å². The third-order valence-electron chi connectivity index (χ3n) is 2.52. The van der Waals surface area contributed by atoms with Crippen LogP contribution in [0.5, 0.6) is 11.5 Å². The molecule has 0 aliphatic carbocycles. The van der Waals surface area contributed by atoms with Crippen LogP contribution >= 0.6 is 0 Å². The molecule has 1 aromatic rings. The number of amides is 1. The second kappa shape index (κ2) is 6.78. The predicted molar refractivity (Wildman–Crippen MR) is 66.4 cm³/mol. The number of carbonyl (C=O) groups is 1. The van der Waals surface area contributed by atoms with Crippen molar-refractivity contribution in [3.8, 4) is 11.5 Å². The molecule has 1 rings (SSSR count). The highest BCUT2D eigenvalue weighted by Gasteiger charge is 2.10. The maximum Gasteiger partial charge on any atom is 0.260 e. The van der Waals surface area contributed by atoms with Gasteiger partial charge >= 0.3 is 0 Å². The summed E-state index contributed by atoms with van der Waals surface area (Å²) in [7, 11) is 1.60. The minimum atomic E-state index is -0.00202. The Labute approximate surface area is 102 Å². The number of nitrogens with zero attached hydrogens (tertiary/aromatic N) is 1. The Morgan fingerprint density at radius 1 is 1.24 bits per heavy atom. The molecule has 0 unspecified atom stereocenters. The van der Waals surface area contributed by atoms with Crippen LogP contribution in [-0.4, -0.2) is 37.6 Å². The lowest BCUT2D eigenvalue weighted by Crippen LogP contribution is -2.34. The largest absolute Gasteiger partial charge is 0.497 e. The summed E-state index contributed by atoms with van der Waals surface area (Å²) >= 11 is 0. The number of ether oxygens (including phenoxy) is 2. The van der Waals surface area contributed by atoms with Gasteiger partial charge in [0.15, 0.2) is 6.61 Å². The summed E-state index contributed by atoms with van der Waals surface area (Å²) in [6.45, 7) is 5.38. The van der Waals surface area contributed by atoms with Crippen molar-refractivity contribution in [3.05, 3.63) is 24.3 Å². The molecular weight excluding hydrogens is 218 g/mol. The molecule has 0 spiro atoms. The van der Waals surface area contributed by atoms with Gasteiger partial charge in [-0.25, -0.2) is 0 Å². The molecule has 0 aromatic heterocycles. The van der Waals surface area contributed by atoms with Crippen molar-refractivity contribution in [2.75, 3.05) is 26.8 Å². The van der Waals surface area contributed by atoms with Gasteiger partial charge in [-0.2, -0.15) is 0 Å². The Hall–Kier alpha value is -1.71. The maximum absolute atomic E-state index is 11.7. The van der Waals surface area contributed by atoms with Crippen LogP contribution in [0.25, 0.3) is 0 Å². The zero-order valence-electron chi connectivity index (χ0n) is 10.6. The molecule has 0 heterocycles. The number of likely N-dealkylation sites (N-methyl/N-ethyl adjacent to an activating group) is 1. The Balaban J connectivity index is 2.52. The molecule has 0 aliphatic heterocycles. The van der Waals surface area contributed by atoms with Crippen molar-refractivity contribution in [2.24, 2.45) is 0 Å². The van der Waals surface area contributed by atoms with Crippen LogP contribution in [0.1, 0.15) is 13.8 Å². The lowest BCUT2D eigenvalue weighted by molar-refractivity contribution is -0.132. The number of hydrogen-bond donors (Lipinski definition) is 0. The number of hydrogen-bond acceptors (Lipinski definition) is 3. The molecule has 4 heteroatoms. The van der Waals surface area contributed by atoms with E-state index in [2.05, 4.69) is 0 Å². The van der Waals surface area contributed by atoms with Crippen LogP contribution in [0, 0.1) is 0 Å². The average molecular weight is 237 g/mol. The summed E-state index contributed by atoms with van der Waals surface area (Å²) in [6.07, 6.45) is 0. The summed E-state index contributed by atoms with van der Waals surface area (Å²) in [5.41, 5.74) is 0. The fourth-order valence-corrected chi connectivity index (χ4v) is 1.50. The van der Waals surface area contributed by atoms with E-state index in [1.54, 1.807) is 24.1 Å². The van der Waals surface area contributed by atoms with E-state index in [0.717, 1.165) is 5.75 Å². The monoisotopic (exact) mass is 237 g/mol. The third-order valence-corrected chi connectivity index (χ3v) is 2.52. The second-order valence-corrected chi connectivity index (χ2v) is 3.53. The van der Waals surface area contributed by atoms with Crippen LogP contribution in [-0.2, 0) is 4.79 Å². The normalized spacial score (nSPS) is 9.82. The van der Waals surface area contributed by atoms with Crippen LogP contribution in [0.15, 0.2) is 24.3 Å². The van der Waals surface area contributed by atoms with Crippen molar-refractivity contribution in [2.45, 2.75) is 13.8 Å². The molecule has 0 atom stereocenters. The zero-order chi connectivity index (χ0) is 12.7. The summed E-state index contributed by atoms with van der Waals surface area (Å²) in [5.74, 6) is 1.36. The number of benzene rings is 1. The van der Waals surface area contributed by atoms with E-state index in [-0.39, 0.29) is 12.5 Å². The van der Waals surface area contributed by atoms with E-state index in [1.807, 2.05) is 26.0 Å². The molecule has 0 bridgehead atoms. The van der Waals surface area contributed by atoms with Gasteiger partial charge in [0.25, 0.3) is 5.91 Å². The van der Waals surface area contributed by atoms with Crippen molar-refractivity contribution in [1.82, 2.24) is 4.90 Å². The third kappa shape index (κ3) is 3.98. The maximum atomic E-state index is 11.7. The van der Waals surface area contributed by atoms with Gasteiger partial charge in [-0.1, -0.05) is 6.07 Å². The Kier molecular flexibility index (Phi) is 5.33. The lowest BCUT2D eigenvalue weighted by Gasteiger charge is -2.18. The average Bonchev–Trinajstić information content (AvgIpc) is 2.38. The van der Waals surface area contributed by atoms with E-state index in [1.165, 1.54) is 0 Å². The first-order chi connectivity index (χ1) is 8.21. The van der Waals surface area contributed by atoms with Crippen LogP contribution < -0.4 is 9.47 Å². The predicted octanol–water partition coefficient (Wildman–Crippen LogP) is 1.94. The molecule has 0 radical (unpaired) electrons. The zero-order valence-corrected chi connectivity index (χ0v) is 10.6. The van der Waals surface area contributed by atoms with Gasteiger partial charge in [-0.3, -0.25) is 4.79 Å². The first kappa shape index (κ1) is 13.4. The van der Waals surface area contributed by atoms with Gasteiger partial charge in [0.05, 0.1) is 7.11 Å². The molecule has 1 aromatic carbocycles. The summed E-state index contributed by atoms with van der Waals surface area (Å²) < 4.78 is 10.5. The quantitative estimate of drug-likeness (QED) is 0.759. The minimum absolute atomic E-state index is 0.00202. The number of carbonyl (C=O) groups excluding carboxylic acids is 1. The van der Waals surface area contributed by atoms with Gasteiger partial charge in [0, 0.05) is 19.2 Å². The van der Waals surface area contributed by atoms with Crippen LogP contribution in [0.4, 0.5) is 0 Å². The Morgan fingerprint density at radius 2 is 1.88 bits per heavy atom. The SMILES string of the molecule is CCN(CC)C(=O)COc1cccc(OC)c1. The van der Waals surface area contributed by atoms with E-state index < -0.39 is 0 Å². The van der Waals surface area contributed by atoms with Gasteiger partial charge < -0.3 is 14.4 Å². The fourth-order valence-electron chi connectivity index (χ4n) is 1.50. The van der Waals surface area contributed by atoms with Crippen molar-refractivity contribution in [1.29, 1.82) is 0 Å². The summed E-state index contributed by atoms with van der Waals surface area (Å²) in [4.78, 5) is 13.4. The molecule has 0 aliphatic rings. The number of methoxy groups -OCH3 is 1. The summed E-state index contributed by atoms with van der Waals surface area (Å²) in [5, 5.41) is 0. The van der Waals surface area contributed by atoms with E-state index in [4.69, 9.17) is 9.47 Å². The summed E-state index contributed by atoms with van der Waals surface area (Å²) in [6, 6.07) is 7.22. The van der Waals surface area contributed by atoms with Crippen molar-refractivity contribution >= 4 is 5.91 Å². The second-order valence-electron chi connectivity index (χ2n) is 3.53. The molecular formula is C13H19NO3. The van der Waals surface area contributed by atoms with E-state index >= 15 is 0 Å². The lowest BCUT2D eigenvalue weighted by atomic mass is 10.3. The minimum Gasteiger partial charge on any atom is -0.497 e. The molecule has 0 saturated heterocycles. The molecule has 17 heavy (non-hydrogen) atoms. The van der Waals surface area contributed by atoms with Gasteiger partial charge in [-0.05, 0) is 26.0 Å². The van der Waals surface area contributed by atoms with E-state index in [9.17, 15) is 4.79 Å². The van der Waals surface area contributed by atoms with Gasteiger partial charge in [-0.15, -0.1) is 0 Å². The molecule has 0 N–H and O–H groups in total. The molecule has 94 valence electrons. The van der Waals surface area contributed by atoms with Gasteiger partial charge in [0.2, 0.25) is 0 Å². The number of rotatable bonds is 6. The Bertz CT molecular complexity index is 361. The van der Waals surface area contributed by atoms with Gasteiger partial charge in [0.1, 0.15) is 11.5 Å². The molecule has 0 fully saturated rings. The highest BCUT2D eigenvalue weighted by atomic mass is 16.5. The first-order valence-electron chi connectivity index (χ1n) is 5.75. The van der Waals surface area contributed by atoms with Crippen molar-refractivity contribution in [3.63, 3.8) is 0 Å². The van der Waals surface area contributed by atoms with Crippen molar-refractivity contribution < 1.29 is 14.3 Å². The Morgan fingerprint density at radius 3 is 2.47 bits per heavy atom. The molecule has 0 saturated carbocycles. The molecule has 4 nitrogen and oxygen atoms in total.